The molecule has 0 fully saturated rings. The van der Waals surface area contributed by atoms with Crippen molar-refractivity contribution >= 4 is 11.5 Å². The molecule has 0 atom stereocenters. The molecule has 5 nitrogen and oxygen atoms in total. The van der Waals surface area contributed by atoms with Gasteiger partial charge in [-0.05, 0) is 12.1 Å². The van der Waals surface area contributed by atoms with Crippen LogP contribution in [0.15, 0.2) is 47.8 Å². The lowest BCUT2D eigenvalue weighted by Crippen LogP contribution is -2.32. The van der Waals surface area contributed by atoms with E-state index in [0.29, 0.717) is 5.84 Å². The SMILES string of the molecule is Cn1cncc1C(=Nc1ccccc1)NN. The molecule has 0 saturated carbocycles. The summed E-state index contributed by atoms with van der Waals surface area (Å²) in [6.07, 6.45) is 3.41. The molecule has 16 heavy (non-hydrogen) atoms. The first-order valence-electron chi connectivity index (χ1n) is 4.88. The highest BCUT2D eigenvalue weighted by molar-refractivity contribution is 5.98. The van der Waals surface area contributed by atoms with Gasteiger partial charge in [0.05, 0.1) is 18.2 Å². The Balaban J connectivity index is 2.37. The molecule has 1 heterocycles. The second kappa shape index (κ2) is 4.59. The lowest BCUT2D eigenvalue weighted by Gasteiger charge is -2.05. The van der Waals surface area contributed by atoms with Crippen LogP contribution < -0.4 is 11.3 Å². The predicted octanol–water partition coefficient (Wildman–Crippen LogP) is 0.962. The van der Waals surface area contributed by atoms with E-state index < -0.39 is 0 Å². The Morgan fingerprint density at radius 2 is 2.12 bits per heavy atom. The molecule has 0 aliphatic rings. The molecule has 1 aromatic heterocycles. The van der Waals surface area contributed by atoms with E-state index in [1.54, 1.807) is 12.5 Å². The fourth-order valence-corrected chi connectivity index (χ4v) is 1.38. The van der Waals surface area contributed by atoms with E-state index in [1.807, 2.05) is 41.9 Å². The van der Waals surface area contributed by atoms with Crippen LogP contribution in [0.4, 0.5) is 5.69 Å². The van der Waals surface area contributed by atoms with Crippen molar-refractivity contribution in [2.45, 2.75) is 0 Å². The van der Waals surface area contributed by atoms with Crippen LogP contribution in [0.25, 0.3) is 0 Å². The molecule has 0 amide bonds. The third kappa shape index (κ3) is 2.09. The number of amidine groups is 1. The molecular formula is C11H13N5. The Morgan fingerprint density at radius 1 is 1.38 bits per heavy atom. The van der Waals surface area contributed by atoms with E-state index >= 15 is 0 Å². The molecule has 1 aromatic carbocycles. The number of hydrogen-bond donors (Lipinski definition) is 2. The minimum atomic E-state index is 0.589. The summed E-state index contributed by atoms with van der Waals surface area (Å²) >= 11 is 0. The first kappa shape index (κ1) is 10.4. The fraction of sp³-hybridized carbons (Fsp3) is 0.0909. The average molecular weight is 215 g/mol. The van der Waals surface area contributed by atoms with Gasteiger partial charge in [-0.2, -0.15) is 0 Å². The lowest BCUT2D eigenvalue weighted by atomic mass is 10.3. The Labute approximate surface area is 93.6 Å². The highest BCUT2D eigenvalue weighted by Crippen LogP contribution is 2.11. The van der Waals surface area contributed by atoms with Gasteiger partial charge in [0.2, 0.25) is 0 Å². The molecule has 5 heteroatoms. The van der Waals surface area contributed by atoms with Crippen LogP contribution in [-0.2, 0) is 7.05 Å². The Kier molecular flexibility index (Phi) is 2.98. The van der Waals surface area contributed by atoms with Gasteiger partial charge in [0.1, 0.15) is 5.69 Å². The van der Waals surface area contributed by atoms with Gasteiger partial charge in [-0.15, -0.1) is 0 Å². The van der Waals surface area contributed by atoms with Crippen molar-refractivity contribution in [2.75, 3.05) is 0 Å². The number of nitrogens with one attached hydrogen (secondary N) is 1. The predicted molar refractivity (Wildman–Crippen MR) is 63.2 cm³/mol. The van der Waals surface area contributed by atoms with Gasteiger partial charge in [-0.25, -0.2) is 15.8 Å². The van der Waals surface area contributed by atoms with E-state index in [0.717, 1.165) is 11.4 Å². The molecule has 0 unspecified atom stereocenters. The second-order valence-electron chi connectivity index (χ2n) is 3.33. The molecule has 0 radical (unpaired) electrons. The number of aryl methyl sites for hydroxylation is 1. The molecule has 0 spiro atoms. The number of aliphatic imine (C=N–C) groups is 1. The van der Waals surface area contributed by atoms with E-state index in [4.69, 9.17) is 5.84 Å². The second-order valence-corrected chi connectivity index (χ2v) is 3.33. The van der Waals surface area contributed by atoms with E-state index in [2.05, 4.69) is 15.4 Å². The number of benzene rings is 1. The van der Waals surface area contributed by atoms with Crippen LogP contribution in [0.2, 0.25) is 0 Å². The summed E-state index contributed by atoms with van der Waals surface area (Å²) in [5.74, 6) is 6.05. The molecule has 2 rings (SSSR count). The maximum absolute atomic E-state index is 5.46. The number of imidazole rings is 1. The zero-order valence-electron chi connectivity index (χ0n) is 8.96. The zero-order chi connectivity index (χ0) is 11.4. The van der Waals surface area contributed by atoms with Crippen LogP contribution in [0, 0.1) is 0 Å². The Hall–Kier alpha value is -2.14. The van der Waals surface area contributed by atoms with Crippen molar-refractivity contribution in [3.05, 3.63) is 48.5 Å². The molecule has 2 aromatic rings. The van der Waals surface area contributed by atoms with Crippen molar-refractivity contribution in [2.24, 2.45) is 17.9 Å². The molecule has 0 aliphatic carbocycles. The summed E-state index contributed by atoms with van der Waals surface area (Å²) < 4.78 is 1.85. The molecule has 3 N–H and O–H groups in total. The standard InChI is InChI=1S/C11H13N5/c1-16-8-13-7-10(16)11(15-12)14-9-5-3-2-4-6-9/h2-8H,12H2,1H3,(H,14,15). The van der Waals surface area contributed by atoms with Gasteiger partial charge in [0, 0.05) is 7.05 Å². The van der Waals surface area contributed by atoms with Gasteiger partial charge < -0.3 is 9.99 Å². The minimum Gasteiger partial charge on any atom is -0.331 e. The largest absolute Gasteiger partial charge is 0.331 e. The van der Waals surface area contributed by atoms with Crippen LogP contribution in [0.3, 0.4) is 0 Å². The van der Waals surface area contributed by atoms with E-state index in [1.165, 1.54) is 0 Å². The number of hydrazine groups is 1. The summed E-state index contributed by atoms with van der Waals surface area (Å²) in [5.41, 5.74) is 4.27. The van der Waals surface area contributed by atoms with Crippen LogP contribution in [0.5, 0.6) is 0 Å². The van der Waals surface area contributed by atoms with Crippen molar-refractivity contribution in [1.29, 1.82) is 0 Å². The molecular weight excluding hydrogens is 202 g/mol. The summed E-state index contributed by atoms with van der Waals surface area (Å²) in [6.45, 7) is 0. The first-order valence-corrected chi connectivity index (χ1v) is 4.88. The number of aromatic nitrogens is 2. The van der Waals surface area contributed by atoms with Crippen molar-refractivity contribution in [3.63, 3.8) is 0 Å². The van der Waals surface area contributed by atoms with Crippen molar-refractivity contribution in [1.82, 2.24) is 15.0 Å². The van der Waals surface area contributed by atoms with Crippen molar-refractivity contribution < 1.29 is 0 Å². The zero-order valence-corrected chi connectivity index (χ0v) is 8.96. The van der Waals surface area contributed by atoms with E-state index in [9.17, 15) is 0 Å². The first-order chi connectivity index (χ1) is 7.81. The topological polar surface area (TPSA) is 68.2 Å². The fourth-order valence-electron chi connectivity index (χ4n) is 1.38. The van der Waals surface area contributed by atoms with E-state index in [-0.39, 0.29) is 0 Å². The summed E-state index contributed by atoms with van der Waals surface area (Å²) in [7, 11) is 1.89. The number of rotatable bonds is 2. The quantitative estimate of drug-likeness (QED) is 0.339. The maximum Gasteiger partial charge on any atom is 0.166 e. The highest BCUT2D eigenvalue weighted by atomic mass is 15.3. The molecule has 82 valence electrons. The summed E-state index contributed by atoms with van der Waals surface area (Å²) in [4.78, 5) is 8.42. The van der Waals surface area contributed by atoms with Crippen LogP contribution in [-0.4, -0.2) is 15.4 Å². The van der Waals surface area contributed by atoms with Gasteiger partial charge in [-0.3, -0.25) is 0 Å². The number of para-hydroxylation sites is 1. The van der Waals surface area contributed by atoms with Crippen LogP contribution in [0.1, 0.15) is 5.69 Å². The minimum absolute atomic E-state index is 0.589. The Morgan fingerprint density at radius 3 is 2.69 bits per heavy atom. The van der Waals surface area contributed by atoms with Gasteiger partial charge in [-0.1, -0.05) is 18.2 Å². The van der Waals surface area contributed by atoms with Crippen molar-refractivity contribution in [3.8, 4) is 0 Å². The maximum atomic E-state index is 5.46. The highest BCUT2D eigenvalue weighted by Gasteiger charge is 2.05. The number of nitrogens with zero attached hydrogens (tertiary/aromatic N) is 3. The van der Waals surface area contributed by atoms with Gasteiger partial charge >= 0.3 is 0 Å². The lowest BCUT2D eigenvalue weighted by molar-refractivity contribution is 0.884. The number of hydrogen-bond acceptors (Lipinski definition) is 3. The Bertz CT molecular complexity index is 486. The summed E-state index contributed by atoms with van der Waals surface area (Å²) in [5, 5.41) is 0. The van der Waals surface area contributed by atoms with Crippen LogP contribution >= 0.6 is 0 Å². The monoisotopic (exact) mass is 215 g/mol. The summed E-state index contributed by atoms with van der Waals surface area (Å²) in [6, 6.07) is 9.62. The van der Waals surface area contributed by atoms with Gasteiger partial charge in [0.15, 0.2) is 5.84 Å². The third-order valence-electron chi connectivity index (χ3n) is 2.19. The molecule has 0 aliphatic heterocycles. The number of nitrogens with two attached hydrogens (primary N) is 1. The molecule has 0 saturated heterocycles. The third-order valence-corrected chi connectivity index (χ3v) is 2.19. The average Bonchev–Trinajstić information content (AvgIpc) is 2.74. The molecule has 0 bridgehead atoms. The van der Waals surface area contributed by atoms with Gasteiger partial charge in [0.25, 0.3) is 0 Å². The smallest absolute Gasteiger partial charge is 0.166 e. The normalized spacial score (nSPS) is 11.5.